The van der Waals surface area contributed by atoms with Crippen molar-refractivity contribution >= 4 is 32.9 Å². The minimum absolute atomic E-state index is 0.437. The van der Waals surface area contributed by atoms with Crippen molar-refractivity contribution in [2.45, 2.75) is 25.9 Å². The maximum atomic E-state index is 4.66. The first-order valence-corrected chi connectivity index (χ1v) is 8.17. The highest BCUT2D eigenvalue weighted by Gasteiger charge is 2.11. The average molecular weight is 288 g/mol. The number of fused-ring (bicyclic) bond motifs is 1. The summed E-state index contributed by atoms with van der Waals surface area (Å²) in [5, 5.41) is 6.91. The number of thiazole rings is 1. The van der Waals surface area contributed by atoms with Crippen LogP contribution in [0.2, 0.25) is 0 Å². The highest BCUT2D eigenvalue weighted by molar-refractivity contribution is 7.18. The van der Waals surface area contributed by atoms with Crippen LogP contribution in [0.25, 0.3) is 10.2 Å². The summed E-state index contributed by atoms with van der Waals surface area (Å²) in [6.45, 7) is 3.06. The van der Waals surface area contributed by atoms with Gasteiger partial charge in [0.15, 0.2) is 0 Å². The van der Waals surface area contributed by atoms with Crippen LogP contribution in [-0.4, -0.2) is 4.98 Å². The number of thiophene rings is 1. The summed E-state index contributed by atoms with van der Waals surface area (Å²) in [6, 6.07) is 13.1. The maximum Gasteiger partial charge on any atom is 0.108 e. The fraction of sp³-hybridized carbons (Fsp3) is 0.267. The first-order chi connectivity index (χ1) is 9.36. The number of hydrogen-bond acceptors (Lipinski definition) is 4. The fourth-order valence-corrected chi connectivity index (χ4v) is 3.95. The second-order valence-corrected chi connectivity index (χ2v) is 6.53. The summed E-state index contributed by atoms with van der Waals surface area (Å²) in [5.41, 5.74) is 1.11. The van der Waals surface area contributed by atoms with E-state index in [1.807, 2.05) is 17.4 Å². The Labute approximate surface area is 121 Å². The van der Waals surface area contributed by atoms with E-state index in [-0.39, 0.29) is 0 Å². The molecule has 0 aliphatic rings. The van der Waals surface area contributed by atoms with Crippen molar-refractivity contribution in [3.8, 4) is 0 Å². The van der Waals surface area contributed by atoms with Crippen LogP contribution in [0.4, 0.5) is 0 Å². The van der Waals surface area contributed by atoms with Gasteiger partial charge in [-0.1, -0.05) is 25.1 Å². The third-order valence-corrected chi connectivity index (χ3v) is 5.16. The van der Waals surface area contributed by atoms with Crippen LogP contribution in [0.15, 0.2) is 41.8 Å². The Hall–Kier alpha value is -1.23. The molecule has 1 unspecified atom stereocenters. The molecule has 4 heteroatoms. The molecule has 0 radical (unpaired) electrons. The van der Waals surface area contributed by atoms with Gasteiger partial charge in [-0.15, -0.1) is 22.7 Å². The van der Waals surface area contributed by atoms with Gasteiger partial charge in [0.05, 0.1) is 10.2 Å². The maximum absolute atomic E-state index is 4.66. The molecule has 3 rings (SSSR count). The van der Waals surface area contributed by atoms with Crippen molar-refractivity contribution in [2.75, 3.05) is 0 Å². The third kappa shape index (κ3) is 2.86. The minimum atomic E-state index is 0.437. The Morgan fingerprint density at radius 2 is 2.11 bits per heavy atom. The van der Waals surface area contributed by atoms with Gasteiger partial charge in [-0.05, 0) is 30.0 Å². The highest BCUT2D eigenvalue weighted by Crippen LogP contribution is 2.24. The zero-order valence-corrected chi connectivity index (χ0v) is 12.4. The standard InChI is InChI=1S/C15H16N2S2/c1-2-11(13-8-5-9-18-13)16-10-15-17-12-6-3-4-7-14(12)19-15/h3-9,11,16H,2,10H2,1H3. The van der Waals surface area contributed by atoms with Gasteiger partial charge in [0.2, 0.25) is 0 Å². The lowest BCUT2D eigenvalue weighted by Gasteiger charge is -2.14. The average Bonchev–Trinajstić information content (AvgIpc) is 3.08. The van der Waals surface area contributed by atoms with E-state index in [9.17, 15) is 0 Å². The lowest BCUT2D eigenvalue weighted by Crippen LogP contribution is -2.19. The van der Waals surface area contributed by atoms with E-state index >= 15 is 0 Å². The number of aromatic nitrogens is 1. The summed E-state index contributed by atoms with van der Waals surface area (Å²) in [5.74, 6) is 0. The predicted octanol–water partition coefficient (Wildman–Crippen LogP) is 4.60. The first kappa shape index (κ1) is 12.8. The van der Waals surface area contributed by atoms with Gasteiger partial charge in [0, 0.05) is 17.5 Å². The van der Waals surface area contributed by atoms with Gasteiger partial charge in [-0.2, -0.15) is 0 Å². The predicted molar refractivity (Wildman–Crippen MR) is 83.8 cm³/mol. The van der Waals surface area contributed by atoms with Gasteiger partial charge < -0.3 is 5.32 Å². The number of nitrogens with zero attached hydrogens (tertiary/aromatic N) is 1. The van der Waals surface area contributed by atoms with Crippen molar-refractivity contribution in [3.63, 3.8) is 0 Å². The molecule has 19 heavy (non-hydrogen) atoms. The molecule has 1 aromatic carbocycles. The normalized spacial score (nSPS) is 12.9. The van der Waals surface area contributed by atoms with Crippen molar-refractivity contribution in [3.05, 3.63) is 51.7 Å². The molecular weight excluding hydrogens is 272 g/mol. The molecule has 2 nitrogen and oxygen atoms in total. The van der Waals surface area contributed by atoms with Gasteiger partial charge in [0.25, 0.3) is 0 Å². The van der Waals surface area contributed by atoms with E-state index in [0.717, 1.165) is 23.5 Å². The molecule has 1 atom stereocenters. The molecule has 2 aromatic heterocycles. The van der Waals surface area contributed by atoms with Crippen molar-refractivity contribution in [1.82, 2.24) is 10.3 Å². The molecule has 0 spiro atoms. The van der Waals surface area contributed by atoms with E-state index < -0.39 is 0 Å². The molecule has 2 heterocycles. The highest BCUT2D eigenvalue weighted by atomic mass is 32.1. The Kier molecular flexibility index (Phi) is 3.92. The Morgan fingerprint density at radius 3 is 2.84 bits per heavy atom. The quantitative estimate of drug-likeness (QED) is 0.742. The van der Waals surface area contributed by atoms with Gasteiger partial charge in [-0.3, -0.25) is 0 Å². The molecule has 0 saturated heterocycles. The lowest BCUT2D eigenvalue weighted by molar-refractivity contribution is 0.526. The molecular formula is C15H16N2S2. The van der Waals surface area contributed by atoms with Gasteiger partial charge in [0.1, 0.15) is 5.01 Å². The summed E-state index contributed by atoms with van der Waals surface area (Å²) < 4.78 is 1.27. The number of hydrogen-bond donors (Lipinski definition) is 1. The number of rotatable bonds is 5. The SMILES string of the molecule is CCC(NCc1nc2ccccc2s1)c1cccs1. The van der Waals surface area contributed by atoms with Crippen molar-refractivity contribution in [2.24, 2.45) is 0 Å². The Bertz CT molecular complexity index is 610. The molecule has 0 saturated carbocycles. The topological polar surface area (TPSA) is 24.9 Å². The Morgan fingerprint density at radius 1 is 1.21 bits per heavy atom. The van der Waals surface area contributed by atoms with Gasteiger partial charge in [-0.25, -0.2) is 4.98 Å². The summed E-state index contributed by atoms with van der Waals surface area (Å²) in [7, 11) is 0. The Balaban J connectivity index is 1.71. The molecule has 98 valence electrons. The summed E-state index contributed by atoms with van der Waals surface area (Å²) >= 11 is 3.59. The monoisotopic (exact) mass is 288 g/mol. The molecule has 3 aromatic rings. The van der Waals surface area contributed by atoms with E-state index in [0.29, 0.717) is 6.04 Å². The van der Waals surface area contributed by atoms with Crippen LogP contribution in [0, 0.1) is 0 Å². The molecule has 0 bridgehead atoms. The fourth-order valence-electron chi connectivity index (χ4n) is 2.14. The molecule has 0 aliphatic heterocycles. The second kappa shape index (κ2) is 5.82. The molecule has 1 N–H and O–H groups in total. The number of nitrogens with one attached hydrogen (secondary N) is 1. The second-order valence-electron chi connectivity index (χ2n) is 4.43. The first-order valence-electron chi connectivity index (χ1n) is 6.48. The van der Waals surface area contributed by atoms with Crippen molar-refractivity contribution in [1.29, 1.82) is 0 Å². The van der Waals surface area contributed by atoms with Crippen LogP contribution in [-0.2, 0) is 6.54 Å². The van der Waals surface area contributed by atoms with Crippen molar-refractivity contribution < 1.29 is 0 Å². The van der Waals surface area contributed by atoms with Gasteiger partial charge >= 0.3 is 0 Å². The summed E-state index contributed by atoms with van der Waals surface area (Å²) in [6.07, 6.45) is 1.10. The van der Waals surface area contributed by atoms with Crippen LogP contribution in [0.5, 0.6) is 0 Å². The largest absolute Gasteiger partial charge is 0.303 e. The van der Waals surface area contributed by atoms with E-state index in [1.54, 1.807) is 11.3 Å². The molecule has 0 aliphatic carbocycles. The zero-order valence-electron chi connectivity index (χ0n) is 10.8. The van der Waals surface area contributed by atoms with Crippen LogP contribution < -0.4 is 5.32 Å². The molecule has 0 fully saturated rings. The smallest absolute Gasteiger partial charge is 0.108 e. The van der Waals surface area contributed by atoms with E-state index in [4.69, 9.17) is 0 Å². The van der Waals surface area contributed by atoms with Crippen LogP contribution in [0.3, 0.4) is 0 Å². The summed E-state index contributed by atoms with van der Waals surface area (Å²) in [4.78, 5) is 6.07. The minimum Gasteiger partial charge on any atom is -0.303 e. The third-order valence-electron chi connectivity index (χ3n) is 3.13. The zero-order chi connectivity index (χ0) is 13.1. The number of para-hydroxylation sites is 1. The number of benzene rings is 1. The molecule has 0 amide bonds. The van der Waals surface area contributed by atoms with Crippen LogP contribution in [0.1, 0.15) is 29.3 Å². The lowest BCUT2D eigenvalue weighted by atomic mass is 10.2. The van der Waals surface area contributed by atoms with E-state index in [1.165, 1.54) is 9.58 Å². The van der Waals surface area contributed by atoms with Crippen LogP contribution >= 0.6 is 22.7 Å². The van der Waals surface area contributed by atoms with E-state index in [2.05, 4.69) is 52.9 Å².